The number of hydrogen-bond donors (Lipinski definition) is 1. The molecule has 0 aliphatic carbocycles. The van der Waals surface area contributed by atoms with Crippen molar-refractivity contribution in [2.45, 2.75) is 69.9 Å². The molecular weight excluding hydrogens is 477 g/mol. The molecule has 2 N–H and O–H groups in total. The molecule has 192 valence electrons. The van der Waals surface area contributed by atoms with Gasteiger partial charge in [-0.3, -0.25) is 4.79 Å². The maximum absolute atomic E-state index is 13.6. The number of likely N-dealkylation sites (tertiary alicyclic amines) is 1. The largest absolute Gasteiger partial charge is 0.416 e. The number of benzene rings is 2. The van der Waals surface area contributed by atoms with Gasteiger partial charge < -0.3 is 10.6 Å². The maximum atomic E-state index is 13.6. The number of carbonyl (C=O) groups is 1. The lowest BCUT2D eigenvalue weighted by atomic mass is 9.79. The standard InChI is InChI=1S/C25H27F7N2O/c1-14-10-19(26)7-8-20(14)21-6-4-5-9-34(21)22(35)23(3,33)15(2)16-11-17(24(27,28)29)13-18(12-16)25(30,31)32/h7-8,10-13,15,21H,4-6,9,33H2,1-3H3/t15-,21-,23?/m1/s1. The van der Waals surface area contributed by atoms with Crippen molar-refractivity contribution >= 4 is 5.91 Å². The maximum Gasteiger partial charge on any atom is 0.416 e. The molecule has 1 aliphatic heterocycles. The van der Waals surface area contributed by atoms with Gasteiger partial charge >= 0.3 is 12.4 Å². The molecule has 10 heteroatoms. The highest BCUT2D eigenvalue weighted by molar-refractivity contribution is 5.87. The normalized spacial score (nSPS) is 19.9. The first-order valence-corrected chi connectivity index (χ1v) is 11.2. The summed E-state index contributed by atoms with van der Waals surface area (Å²) < 4.78 is 93.7. The lowest BCUT2D eigenvalue weighted by Gasteiger charge is -2.43. The van der Waals surface area contributed by atoms with Crippen molar-refractivity contribution in [2.24, 2.45) is 5.73 Å². The molecule has 3 nitrogen and oxygen atoms in total. The fraction of sp³-hybridized carbons (Fsp3) is 0.480. The van der Waals surface area contributed by atoms with Crippen LogP contribution < -0.4 is 5.73 Å². The summed E-state index contributed by atoms with van der Waals surface area (Å²) in [6.45, 7) is 4.68. The number of carbonyl (C=O) groups excluding carboxylic acids is 1. The number of rotatable bonds is 4. The van der Waals surface area contributed by atoms with E-state index in [2.05, 4.69) is 0 Å². The van der Waals surface area contributed by atoms with Crippen molar-refractivity contribution in [3.63, 3.8) is 0 Å². The van der Waals surface area contributed by atoms with Gasteiger partial charge in [0.05, 0.1) is 22.7 Å². The van der Waals surface area contributed by atoms with Gasteiger partial charge in [0.2, 0.25) is 5.91 Å². The van der Waals surface area contributed by atoms with E-state index in [-0.39, 0.29) is 11.6 Å². The van der Waals surface area contributed by atoms with Gasteiger partial charge in [-0.25, -0.2) is 4.39 Å². The molecule has 1 unspecified atom stereocenters. The van der Waals surface area contributed by atoms with Crippen LogP contribution in [0.3, 0.4) is 0 Å². The van der Waals surface area contributed by atoms with Crippen LogP contribution in [0.15, 0.2) is 36.4 Å². The first-order valence-electron chi connectivity index (χ1n) is 11.2. The number of aryl methyl sites for hydroxylation is 1. The van der Waals surface area contributed by atoms with Gasteiger partial charge in [0.1, 0.15) is 5.82 Å². The van der Waals surface area contributed by atoms with Crippen molar-refractivity contribution in [3.05, 3.63) is 70.0 Å². The first kappa shape index (κ1) is 27.0. The summed E-state index contributed by atoms with van der Waals surface area (Å²) in [5.74, 6) is -2.19. The van der Waals surface area contributed by atoms with Gasteiger partial charge in [-0.1, -0.05) is 13.0 Å². The Kier molecular flexibility index (Phi) is 7.28. The highest BCUT2D eigenvalue weighted by Crippen LogP contribution is 2.41. The van der Waals surface area contributed by atoms with Gasteiger partial charge in [0.25, 0.3) is 0 Å². The summed E-state index contributed by atoms with van der Waals surface area (Å²) in [5, 5.41) is 0. The molecule has 0 radical (unpaired) electrons. The first-order chi connectivity index (χ1) is 16.0. The summed E-state index contributed by atoms with van der Waals surface area (Å²) >= 11 is 0. The molecule has 1 fully saturated rings. The molecule has 0 spiro atoms. The lowest BCUT2D eigenvalue weighted by Crippen LogP contribution is -2.57. The third-order valence-electron chi connectivity index (χ3n) is 6.82. The molecule has 0 bridgehead atoms. The molecule has 1 heterocycles. The van der Waals surface area contributed by atoms with Crippen molar-refractivity contribution < 1.29 is 35.5 Å². The van der Waals surface area contributed by atoms with E-state index in [0.717, 1.165) is 12.0 Å². The van der Waals surface area contributed by atoms with Crippen LogP contribution in [0.4, 0.5) is 30.7 Å². The molecule has 0 aromatic heterocycles. The van der Waals surface area contributed by atoms with Gasteiger partial charge in [0, 0.05) is 12.5 Å². The zero-order valence-corrected chi connectivity index (χ0v) is 19.5. The number of halogens is 7. The van der Waals surface area contributed by atoms with Crippen molar-refractivity contribution in [1.29, 1.82) is 0 Å². The van der Waals surface area contributed by atoms with Gasteiger partial charge in [0.15, 0.2) is 0 Å². The van der Waals surface area contributed by atoms with Crippen LogP contribution in [0.2, 0.25) is 0 Å². The smallest absolute Gasteiger partial charge is 0.334 e. The quantitative estimate of drug-likeness (QED) is 0.469. The van der Waals surface area contributed by atoms with Crippen LogP contribution in [0.5, 0.6) is 0 Å². The Morgan fingerprint density at radius 2 is 1.57 bits per heavy atom. The molecule has 1 amide bonds. The van der Waals surface area contributed by atoms with Crippen molar-refractivity contribution in [2.75, 3.05) is 6.54 Å². The third kappa shape index (κ3) is 5.63. The second kappa shape index (κ2) is 9.44. The molecule has 2 aromatic rings. The van der Waals surface area contributed by atoms with Gasteiger partial charge in [-0.2, -0.15) is 26.3 Å². The average Bonchev–Trinajstić information content (AvgIpc) is 2.76. The van der Waals surface area contributed by atoms with E-state index in [4.69, 9.17) is 5.73 Å². The minimum Gasteiger partial charge on any atom is -0.334 e. The topological polar surface area (TPSA) is 46.3 Å². The van der Waals surface area contributed by atoms with E-state index in [1.54, 1.807) is 13.0 Å². The number of alkyl halides is 6. The second-order valence-corrected chi connectivity index (χ2v) is 9.35. The third-order valence-corrected chi connectivity index (χ3v) is 6.82. The lowest BCUT2D eigenvalue weighted by molar-refractivity contribution is -0.143. The van der Waals surface area contributed by atoms with Crippen LogP contribution >= 0.6 is 0 Å². The van der Waals surface area contributed by atoms with E-state index in [1.165, 1.54) is 30.9 Å². The van der Waals surface area contributed by atoms with E-state index < -0.39 is 52.7 Å². The zero-order chi connectivity index (χ0) is 26.3. The Labute approximate surface area is 199 Å². The minimum absolute atomic E-state index is 0.0455. The highest BCUT2D eigenvalue weighted by atomic mass is 19.4. The van der Waals surface area contributed by atoms with Crippen LogP contribution in [0.25, 0.3) is 0 Å². The molecule has 2 aromatic carbocycles. The van der Waals surface area contributed by atoms with Crippen LogP contribution in [-0.2, 0) is 17.1 Å². The monoisotopic (exact) mass is 504 g/mol. The fourth-order valence-electron chi connectivity index (χ4n) is 4.58. The second-order valence-electron chi connectivity index (χ2n) is 9.35. The summed E-state index contributed by atoms with van der Waals surface area (Å²) in [7, 11) is 0. The van der Waals surface area contributed by atoms with Crippen molar-refractivity contribution in [3.8, 4) is 0 Å². The predicted molar refractivity (Wildman–Crippen MR) is 117 cm³/mol. The van der Waals surface area contributed by atoms with Crippen LogP contribution in [0.1, 0.15) is 72.9 Å². The van der Waals surface area contributed by atoms with E-state index in [9.17, 15) is 35.5 Å². The molecule has 1 saturated heterocycles. The summed E-state index contributed by atoms with van der Waals surface area (Å²) in [6, 6.07) is 5.04. The Morgan fingerprint density at radius 1 is 1.00 bits per heavy atom. The molecule has 35 heavy (non-hydrogen) atoms. The predicted octanol–water partition coefficient (Wildman–Crippen LogP) is 6.75. The Balaban J connectivity index is 2.00. The Hall–Kier alpha value is -2.62. The molecule has 1 aliphatic rings. The summed E-state index contributed by atoms with van der Waals surface area (Å²) in [6.07, 6.45) is -7.99. The Morgan fingerprint density at radius 3 is 2.09 bits per heavy atom. The van der Waals surface area contributed by atoms with E-state index in [1.807, 2.05) is 0 Å². The fourth-order valence-corrected chi connectivity index (χ4v) is 4.58. The summed E-state index contributed by atoms with van der Waals surface area (Å²) in [5.41, 5.74) is 2.66. The van der Waals surface area contributed by atoms with E-state index >= 15 is 0 Å². The highest BCUT2D eigenvalue weighted by Gasteiger charge is 2.44. The van der Waals surface area contributed by atoms with Crippen LogP contribution in [-0.4, -0.2) is 22.9 Å². The molecular formula is C25H27F7N2O. The van der Waals surface area contributed by atoms with Crippen LogP contribution in [0, 0.1) is 12.7 Å². The number of hydrogen-bond acceptors (Lipinski definition) is 2. The average molecular weight is 504 g/mol. The van der Waals surface area contributed by atoms with Gasteiger partial charge in [-0.15, -0.1) is 0 Å². The SMILES string of the molecule is Cc1cc(F)ccc1[C@H]1CCCCN1C(=O)C(C)(N)[C@H](C)c1cc(C(F)(F)F)cc(C(F)(F)F)c1. The molecule has 0 saturated carbocycles. The number of amides is 1. The Bertz CT molecular complexity index is 1060. The molecule has 3 atom stereocenters. The minimum atomic E-state index is -5.01. The number of nitrogens with zero attached hydrogens (tertiary/aromatic N) is 1. The number of piperidine rings is 1. The van der Waals surface area contributed by atoms with Gasteiger partial charge in [-0.05, 0) is 80.1 Å². The number of nitrogens with two attached hydrogens (primary N) is 1. The summed E-state index contributed by atoms with van der Waals surface area (Å²) in [4.78, 5) is 15.2. The van der Waals surface area contributed by atoms with E-state index in [0.29, 0.717) is 37.1 Å². The van der Waals surface area contributed by atoms with Crippen molar-refractivity contribution in [1.82, 2.24) is 4.90 Å². The zero-order valence-electron chi connectivity index (χ0n) is 19.5. The molecule has 3 rings (SSSR count).